The minimum Gasteiger partial charge on any atom is -0.382 e. The first-order valence-corrected chi connectivity index (χ1v) is 6.16. The van der Waals surface area contributed by atoms with Crippen molar-refractivity contribution in [3.63, 3.8) is 0 Å². The molecule has 4 nitrogen and oxygen atoms in total. The summed E-state index contributed by atoms with van der Waals surface area (Å²) in [5.74, 6) is 0.544. The lowest BCUT2D eigenvalue weighted by atomic mass is 9.84. The summed E-state index contributed by atoms with van der Waals surface area (Å²) in [7, 11) is 0. The molecule has 1 aliphatic rings. The molecule has 1 heterocycles. The van der Waals surface area contributed by atoms with Crippen molar-refractivity contribution < 1.29 is 0 Å². The molecule has 2 rings (SSSR count). The van der Waals surface area contributed by atoms with E-state index in [1.807, 2.05) is 6.07 Å². The monoisotopic (exact) mass is 230 g/mol. The van der Waals surface area contributed by atoms with E-state index in [1.54, 1.807) is 12.3 Å². The van der Waals surface area contributed by atoms with Crippen molar-refractivity contribution in [2.45, 2.75) is 31.7 Å². The van der Waals surface area contributed by atoms with Gasteiger partial charge < -0.3 is 11.1 Å². The lowest BCUT2D eigenvalue weighted by molar-refractivity contribution is 0.332. The Morgan fingerprint density at radius 1 is 1.47 bits per heavy atom. The Kier molecular flexibility index (Phi) is 3.94. The molecular weight excluding hydrogens is 212 g/mol. The van der Waals surface area contributed by atoms with E-state index < -0.39 is 0 Å². The molecule has 3 N–H and O–H groups in total. The number of rotatable bonds is 3. The van der Waals surface area contributed by atoms with Crippen molar-refractivity contribution in [3.8, 4) is 6.07 Å². The second kappa shape index (κ2) is 5.65. The van der Waals surface area contributed by atoms with Gasteiger partial charge in [0.1, 0.15) is 11.8 Å². The Bertz CT molecular complexity index is 410. The van der Waals surface area contributed by atoms with Crippen LogP contribution in [0.2, 0.25) is 0 Å². The molecule has 0 bridgehead atoms. The number of hydrogen-bond acceptors (Lipinski definition) is 4. The Hall–Kier alpha value is -1.60. The van der Waals surface area contributed by atoms with Gasteiger partial charge in [-0.1, -0.05) is 12.8 Å². The Labute approximate surface area is 102 Å². The lowest BCUT2D eigenvalue weighted by Crippen LogP contribution is -2.36. The van der Waals surface area contributed by atoms with Crippen LogP contribution in [0.1, 0.15) is 31.4 Å². The number of nitriles is 1. The smallest absolute Gasteiger partial charge is 0.142 e. The van der Waals surface area contributed by atoms with Gasteiger partial charge in [-0.25, -0.2) is 4.98 Å². The standard InChI is InChI=1S/C13H18N4/c14-8-10-3-1-2-4-13(10)17-11-5-6-16-12(7-11)9-15/h5-7,10,13H,1-4,8,14H2,(H,16,17). The number of anilines is 1. The molecule has 0 aliphatic heterocycles. The van der Waals surface area contributed by atoms with Crippen LogP contribution in [0.5, 0.6) is 0 Å². The lowest BCUT2D eigenvalue weighted by Gasteiger charge is -2.32. The van der Waals surface area contributed by atoms with E-state index in [1.165, 1.54) is 19.3 Å². The fourth-order valence-corrected chi connectivity index (χ4v) is 2.48. The summed E-state index contributed by atoms with van der Waals surface area (Å²) in [5, 5.41) is 12.3. The molecule has 1 fully saturated rings. The topological polar surface area (TPSA) is 74.7 Å². The summed E-state index contributed by atoms with van der Waals surface area (Å²) >= 11 is 0. The summed E-state index contributed by atoms with van der Waals surface area (Å²) in [5.41, 5.74) is 7.23. The molecule has 1 saturated carbocycles. The van der Waals surface area contributed by atoms with Crippen molar-refractivity contribution in [1.82, 2.24) is 4.98 Å². The fraction of sp³-hybridized carbons (Fsp3) is 0.538. The van der Waals surface area contributed by atoms with Gasteiger partial charge >= 0.3 is 0 Å². The van der Waals surface area contributed by atoms with Crippen molar-refractivity contribution >= 4 is 5.69 Å². The predicted molar refractivity (Wildman–Crippen MR) is 67.4 cm³/mol. The van der Waals surface area contributed by atoms with E-state index in [9.17, 15) is 0 Å². The zero-order chi connectivity index (χ0) is 12.1. The van der Waals surface area contributed by atoms with Crippen LogP contribution in [0.25, 0.3) is 0 Å². The van der Waals surface area contributed by atoms with Crippen molar-refractivity contribution in [1.29, 1.82) is 5.26 Å². The molecule has 0 amide bonds. The minimum absolute atomic E-state index is 0.433. The van der Waals surface area contributed by atoms with Crippen LogP contribution in [-0.2, 0) is 0 Å². The van der Waals surface area contributed by atoms with Crippen LogP contribution < -0.4 is 11.1 Å². The third-order valence-electron chi connectivity index (χ3n) is 3.44. The third kappa shape index (κ3) is 2.95. The summed E-state index contributed by atoms with van der Waals surface area (Å²) in [6, 6.07) is 6.19. The maximum absolute atomic E-state index is 8.81. The molecule has 0 radical (unpaired) electrons. The zero-order valence-electron chi connectivity index (χ0n) is 9.89. The highest BCUT2D eigenvalue weighted by Crippen LogP contribution is 2.26. The molecule has 1 aliphatic carbocycles. The molecule has 1 aromatic heterocycles. The maximum atomic E-state index is 8.81. The highest BCUT2D eigenvalue weighted by molar-refractivity contribution is 5.46. The molecular formula is C13H18N4. The first-order chi connectivity index (χ1) is 8.33. The Morgan fingerprint density at radius 3 is 3.06 bits per heavy atom. The normalized spacial score (nSPS) is 24.0. The number of nitrogens with zero attached hydrogens (tertiary/aromatic N) is 2. The van der Waals surface area contributed by atoms with Crippen LogP contribution in [0.4, 0.5) is 5.69 Å². The van der Waals surface area contributed by atoms with E-state index in [2.05, 4.69) is 16.4 Å². The van der Waals surface area contributed by atoms with E-state index in [4.69, 9.17) is 11.0 Å². The number of hydrogen-bond donors (Lipinski definition) is 2. The molecule has 1 aromatic rings. The van der Waals surface area contributed by atoms with Gasteiger partial charge in [0.2, 0.25) is 0 Å². The molecule has 0 spiro atoms. The fourth-order valence-electron chi connectivity index (χ4n) is 2.48. The van der Waals surface area contributed by atoms with Crippen LogP contribution in [-0.4, -0.2) is 17.6 Å². The average Bonchev–Trinajstić information content (AvgIpc) is 2.39. The SMILES string of the molecule is N#Cc1cc(NC2CCCCC2CN)ccn1. The van der Waals surface area contributed by atoms with Gasteiger partial charge in [0, 0.05) is 17.9 Å². The largest absolute Gasteiger partial charge is 0.382 e. The molecule has 0 saturated heterocycles. The van der Waals surface area contributed by atoms with Crippen molar-refractivity contribution in [2.75, 3.05) is 11.9 Å². The van der Waals surface area contributed by atoms with Crippen molar-refractivity contribution in [3.05, 3.63) is 24.0 Å². The van der Waals surface area contributed by atoms with Gasteiger partial charge in [-0.2, -0.15) is 5.26 Å². The summed E-state index contributed by atoms with van der Waals surface area (Å²) in [6.45, 7) is 0.730. The van der Waals surface area contributed by atoms with Crippen LogP contribution in [0, 0.1) is 17.2 Å². The second-order valence-corrected chi connectivity index (χ2v) is 4.57. The van der Waals surface area contributed by atoms with Crippen LogP contribution in [0.3, 0.4) is 0 Å². The number of aromatic nitrogens is 1. The molecule has 2 atom stereocenters. The second-order valence-electron chi connectivity index (χ2n) is 4.57. The first kappa shape index (κ1) is 11.9. The van der Waals surface area contributed by atoms with E-state index in [0.717, 1.165) is 18.7 Å². The first-order valence-electron chi connectivity index (χ1n) is 6.16. The van der Waals surface area contributed by atoms with E-state index in [-0.39, 0.29) is 0 Å². The maximum Gasteiger partial charge on any atom is 0.142 e. The number of nitrogens with one attached hydrogen (secondary N) is 1. The van der Waals surface area contributed by atoms with Gasteiger partial charge in [0.05, 0.1) is 0 Å². The Morgan fingerprint density at radius 2 is 2.29 bits per heavy atom. The van der Waals surface area contributed by atoms with Gasteiger partial charge in [-0.3, -0.25) is 0 Å². The van der Waals surface area contributed by atoms with Crippen LogP contribution in [0.15, 0.2) is 18.3 Å². The van der Waals surface area contributed by atoms with Gasteiger partial charge in [-0.05, 0) is 37.4 Å². The highest BCUT2D eigenvalue weighted by atomic mass is 14.9. The molecule has 90 valence electrons. The van der Waals surface area contributed by atoms with Gasteiger partial charge in [0.15, 0.2) is 0 Å². The third-order valence-corrected chi connectivity index (χ3v) is 3.44. The van der Waals surface area contributed by atoms with Gasteiger partial charge in [-0.15, -0.1) is 0 Å². The number of nitrogens with two attached hydrogens (primary N) is 1. The molecule has 4 heteroatoms. The Balaban J connectivity index is 2.06. The average molecular weight is 230 g/mol. The minimum atomic E-state index is 0.433. The molecule has 17 heavy (non-hydrogen) atoms. The summed E-state index contributed by atoms with van der Waals surface area (Å²) in [4.78, 5) is 3.96. The quantitative estimate of drug-likeness (QED) is 0.831. The summed E-state index contributed by atoms with van der Waals surface area (Å²) < 4.78 is 0. The molecule has 0 aromatic carbocycles. The molecule has 2 unspecified atom stereocenters. The van der Waals surface area contributed by atoms with E-state index >= 15 is 0 Å². The van der Waals surface area contributed by atoms with Crippen molar-refractivity contribution in [2.24, 2.45) is 11.7 Å². The predicted octanol–water partition coefficient (Wildman–Crippen LogP) is 1.88. The number of pyridine rings is 1. The van der Waals surface area contributed by atoms with Gasteiger partial charge in [0.25, 0.3) is 0 Å². The summed E-state index contributed by atoms with van der Waals surface area (Å²) in [6.07, 6.45) is 6.56. The van der Waals surface area contributed by atoms with Crippen LogP contribution >= 0.6 is 0 Å². The van der Waals surface area contributed by atoms with E-state index in [0.29, 0.717) is 17.7 Å². The highest BCUT2D eigenvalue weighted by Gasteiger charge is 2.23. The zero-order valence-corrected chi connectivity index (χ0v) is 9.89.